The molecule has 1 saturated heterocycles. The van der Waals surface area contributed by atoms with Crippen LogP contribution in [0.3, 0.4) is 0 Å². The largest absolute Gasteiger partial charge is 0.338 e. The molecule has 0 saturated carbocycles. The van der Waals surface area contributed by atoms with Crippen molar-refractivity contribution in [3.8, 4) is 0 Å². The van der Waals surface area contributed by atoms with Crippen LogP contribution >= 0.6 is 0 Å². The number of aromatic nitrogens is 2. The summed E-state index contributed by atoms with van der Waals surface area (Å²) in [6.45, 7) is 13.4. The van der Waals surface area contributed by atoms with Gasteiger partial charge >= 0.3 is 0 Å². The molecule has 1 atom stereocenters. The minimum absolute atomic E-state index is 0.0506. The Bertz CT molecular complexity index is 768. The van der Waals surface area contributed by atoms with Gasteiger partial charge in [0, 0.05) is 37.2 Å². The van der Waals surface area contributed by atoms with Crippen LogP contribution in [0.15, 0.2) is 28.8 Å². The number of carbonyl (C=O) groups is 1. The average Bonchev–Trinajstić information content (AvgIpc) is 3.18. The maximum atomic E-state index is 12.7. The Labute approximate surface area is 161 Å². The lowest BCUT2D eigenvalue weighted by molar-refractivity contribution is 0.0551. The smallest absolute Gasteiger partial charge is 0.253 e. The van der Waals surface area contributed by atoms with E-state index in [4.69, 9.17) is 4.52 Å². The number of rotatable bonds is 4. The molecule has 1 aromatic heterocycles. The first kappa shape index (κ1) is 19.5. The van der Waals surface area contributed by atoms with E-state index in [1.807, 2.05) is 29.2 Å². The van der Waals surface area contributed by atoms with Crippen LogP contribution in [0.5, 0.6) is 0 Å². The highest BCUT2D eigenvalue weighted by Crippen LogP contribution is 2.24. The fraction of sp³-hybridized carbons (Fsp3) is 0.571. The molecule has 1 aliphatic rings. The summed E-state index contributed by atoms with van der Waals surface area (Å²) in [4.78, 5) is 21.5. The van der Waals surface area contributed by atoms with E-state index in [2.05, 4.69) is 49.7 Å². The van der Waals surface area contributed by atoms with E-state index < -0.39 is 0 Å². The summed E-state index contributed by atoms with van der Waals surface area (Å²) in [5.41, 5.74) is 1.89. The summed E-state index contributed by atoms with van der Waals surface area (Å²) >= 11 is 0. The first-order valence-corrected chi connectivity index (χ1v) is 9.76. The summed E-state index contributed by atoms with van der Waals surface area (Å²) in [7, 11) is 0. The quantitative estimate of drug-likeness (QED) is 0.825. The zero-order valence-electron chi connectivity index (χ0n) is 17.0. The van der Waals surface area contributed by atoms with Crippen molar-refractivity contribution in [1.29, 1.82) is 0 Å². The van der Waals surface area contributed by atoms with Gasteiger partial charge in [-0.3, -0.25) is 9.69 Å². The van der Waals surface area contributed by atoms with Gasteiger partial charge < -0.3 is 9.42 Å². The van der Waals surface area contributed by atoms with Gasteiger partial charge in [-0.05, 0) is 31.0 Å². The molecule has 1 aromatic carbocycles. The lowest BCUT2D eigenvalue weighted by Gasteiger charge is -2.36. The molecule has 0 aliphatic carbocycles. The van der Waals surface area contributed by atoms with Crippen LogP contribution in [-0.2, 0) is 11.8 Å². The van der Waals surface area contributed by atoms with Gasteiger partial charge in [0.05, 0.1) is 6.04 Å². The molecule has 0 N–H and O–H groups in total. The summed E-state index contributed by atoms with van der Waals surface area (Å²) in [6.07, 6.45) is 0.984. The molecular formula is C21H30N4O2. The maximum Gasteiger partial charge on any atom is 0.253 e. The Hall–Kier alpha value is -2.21. The van der Waals surface area contributed by atoms with E-state index in [1.54, 1.807) is 0 Å². The molecule has 0 bridgehead atoms. The highest BCUT2D eigenvalue weighted by molar-refractivity contribution is 5.94. The number of benzene rings is 1. The first-order valence-electron chi connectivity index (χ1n) is 9.76. The number of amides is 1. The molecule has 1 amide bonds. The Morgan fingerprint density at radius 1 is 1.15 bits per heavy atom. The van der Waals surface area contributed by atoms with Crippen molar-refractivity contribution in [2.45, 2.75) is 52.5 Å². The fourth-order valence-electron chi connectivity index (χ4n) is 3.24. The van der Waals surface area contributed by atoms with E-state index in [-0.39, 0.29) is 17.4 Å². The molecular weight excluding hydrogens is 340 g/mol. The third kappa shape index (κ3) is 4.38. The summed E-state index contributed by atoms with van der Waals surface area (Å²) in [5, 5.41) is 4.12. The zero-order chi connectivity index (χ0) is 19.6. The van der Waals surface area contributed by atoms with Crippen LogP contribution in [0.4, 0.5) is 0 Å². The second-order valence-corrected chi connectivity index (χ2v) is 8.26. The van der Waals surface area contributed by atoms with Crippen molar-refractivity contribution in [1.82, 2.24) is 19.9 Å². The normalized spacial score (nSPS) is 17.1. The van der Waals surface area contributed by atoms with Gasteiger partial charge in [0.25, 0.3) is 5.91 Å². The van der Waals surface area contributed by atoms with Crippen molar-refractivity contribution >= 4 is 5.91 Å². The van der Waals surface area contributed by atoms with Crippen molar-refractivity contribution in [2.24, 2.45) is 0 Å². The van der Waals surface area contributed by atoms with Crippen LogP contribution in [-0.4, -0.2) is 52.0 Å². The first-order chi connectivity index (χ1) is 12.8. The fourth-order valence-corrected chi connectivity index (χ4v) is 3.24. The van der Waals surface area contributed by atoms with E-state index in [0.717, 1.165) is 30.9 Å². The van der Waals surface area contributed by atoms with Crippen molar-refractivity contribution < 1.29 is 9.32 Å². The van der Waals surface area contributed by atoms with Gasteiger partial charge in [0.15, 0.2) is 5.82 Å². The van der Waals surface area contributed by atoms with Gasteiger partial charge in [0.1, 0.15) is 0 Å². The SMILES string of the molecule is CCc1ccc(C(=O)N2CCN(C(C)c3nc(C(C)(C)C)no3)CC2)cc1. The summed E-state index contributed by atoms with van der Waals surface area (Å²) in [5.74, 6) is 1.49. The monoisotopic (exact) mass is 370 g/mol. The van der Waals surface area contributed by atoms with Crippen LogP contribution in [0.1, 0.15) is 68.3 Å². The Morgan fingerprint density at radius 3 is 2.30 bits per heavy atom. The number of nitrogens with zero attached hydrogens (tertiary/aromatic N) is 4. The third-order valence-corrected chi connectivity index (χ3v) is 5.23. The minimum Gasteiger partial charge on any atom is -0.338 e. The second kappa shape index (κ2) is 7.80. The van der Waals surface area contributed by atoms with Crippen molar-refractivity contribution in [3.63, 3.8) is 0 Å². The third-order valence-electron chi connectivity index (χ3n) is 5.23. The predicted molar refractivity (Wildman–Crippen MR) is 105 cm³/mol. The average molecular weight is 370 g/mol. The van der Waals surface area contributed by atoms with Crippen LogP contribution < -0.4 is 0 Å². The highest BCUT2D eigenvalue weighted by atomic mass is 16.5. The molecule has 0 radical (unpaired) electrons. The lowest BCUT2D eigenvalue weighted by Crippen LogP contribution is -2.49. The van der Waals surface area contributed by atoms with E-state index in [9.17, 15) is 4.79 Å². The molecule has 1 fully saturated rings. The standard InChI is InChI=1S/C21H30N4O2/c1-6-16-7-9-17(10-8-16)19(26)25-13-11-24(12-14-25)15(2)18-22-20(23-27-18)21(3,4)5/h7-10,15H,6,11-14H2,1-5H3. The van der Waals surface area contributed by atoms with Gasteiger partial charge in [-0.25, -0.2) is 0 Å². The van der Waals surface area contributed by atoms with E-state index in [1.165, 1.54) is 5.56 Å². The number of hydrogen-bond donors (Lipinski definition) is 0. The summed E-state index contributed by atoms with van der Waals surface area (Å²) in [6, 6.07) is 7.99. The number of aryl methyl sites for hydroxylation is 1. The van der Waals surface area contributed by atoms with E-state index in [0.29, 0.717) is 19.0 Å². The Kier molecular flexibility index (Phi) is 5.65. The minimum atomic E-state index is -0.125. The van der Waals surface area contributed by atoms with Crippen LogP contribution in [0, 0.1) is 0 Å². The number of piperazine rings is 1. The highest BCUT2D eigenvalue weighted by Gasteiger charge is 2.29. The molecule has 6 heteroatoms. The van der Waals surface area contributed by atoms with Gasteiger partial charge in [-0.2, -0.15) is 4.98 Å². The van der Waals surface area contributed by atoms with Gasteiger partial charge in [-0.1, -0.05) is 45.0 Å². The maximum absolute atomic E-state index is 12.7. The van der Waals surface area contributed by atoms with Gasteiger partial charge in [-0.15, -0.1) is 0 Å². The molecule has 1 unspecified atom stereocenters. The Morgan fingerprint density at radius 2 is 1.78 bits per heavy atom. The second-order valence-electron chi connectivity index (χ2n) is 8.26. The molecule has 3 rings (SSSR count). The van der Waals surface area contributed by atoms with Crippen LogP contribution in [0.25, 0.3) is 0 Å². The predicted octanol–water partition coefficient (Wildman–Crippen LogP) is 3.45. The zero-order valence-corrected chi connectivity index (χ0v) is 17.0. The van der Waals surface area contributed by atoms with Gasteiger partial charge in [0.2, 0.25) is 5.89 Å². The molecule has 2 heterocycles. The van der Waals surface area contributed by atoms with Crippen molar-refractivity contribution in [3.05, 3.63) is 47.1 Å². The molecule has 1 aliphatic heterocycles. The van der Waals surface area contributed by atoms with Crippen LogP contribution in [0.2, 0.25) is 0 Å². The molecule has 2 aromatic rings. The lowest BCUT2D eigenvalue weighted by atomic mass is 9.96. The number of carbonyl (C=O) groups excluding carboxylic acids is 1. The van der Waals surface area contributed by atoms with E-state index >= 15 is 0 Å². The molecule has 146 valence electrons. The topological polar surface area (TPSA) is 62.5 Å². The summed E-state index contributed by atoms with van der Waals surface area (Å²) < 4.78 is 5.49. The molecule has 27 heavy (non-hydrogen) atoms. The number of hydrogen-bond acceptors (Lipinski definition) is 5. The van der Waals surface area contributed by atoms with Crippen molar-refractivity contribution in [2.75, 3.05) is 26.2 Å². The Balaban J connectivity index is 1.59. The molecule has 6 nitrogen and oxygen atoms in total. The molecule has 0 spiro atoms.